The number of hydrogen-bond donors (Lipinski definition) is 1. The van der Waals surface area contributed by atoms with E-state index in [2.05, 4.69) is 10.3 Å². The van der Waals surface area contributed by atoms with Crippen LogP contribution in [0.4, 0.5) is 5.82 Å². The lowest BCUT2D eigenvalue weighted by atomic mass is 9.99. The number of piperidine rings is 1. The summed E-state index contributed by atoms with van der Waals surface area (Å²) >= 11 is 0. The summed E-state index contributed by atoms with van der Waals surface area (Å²) in [7, 11) is -3.10. The maximum atomic E-state index is 11.6. The molecule has 0 bridgehead atoms. The van der Waals surface area contributed by atoms with Crippen LogP contribution in [0.15, 0.2) is 0 Å². The van der Waals surface area contributed by atoms with Gasteiger partial charge in [0.1, 0.15) is 0 Å². The van der Waals surface area contributed by atoms with E-state index < -0.39 is 10.0 Å². The van der Waals surface area contributed by atoms with Crippen LogP contribution in [-0.2, 0) is 16.6 Å². The van der Waals surface area contributed by atoms with Gasteiger partial charge in [0.05, 0.1) is 11.9 Å². The first-order valence-electron chi connectivity index (χ1n) is 7.09. The topological polar surface area (TPSA) is 94.1 Å². The molecule has 0 radical (unpaired) electrons. The molecule has 1 aromatic rings. The zero-order chi connectivity index (χ0) is 14.3. The van der Waals surface area contributed by atoms with E-state index in [-0.39, 0.29) is 5.92 Å². The van der Waals surface area contributed by atoms with Gasteiger partial charge in [-0.15, -0.1) is 5.10 Å². The van der Waals surface area contributed by atoms with E-state index in [4.69, 9.17) is 5.73 Å². The van der Waals surface area contributed by atoms with Gasteiger partial charge in [-0.3, -0.25) is 0 Å². The maximum Gasteiger partial charge on any atom is 0.211 e. The molecule has 2 N–H and O–H groups in total. The third-order valence-corrected chi connectivity index (χ3v) is 5.42. The molecule has 0 spiro atoms. The Morgan fingerprint density at radius 2 is 2.10 bits per heavy atom. The van der Waals surface area contributed by atoms with Crippen molar-refractivity contribution < 1.29 is 8.42 Å². The lowest BCUT2D eigenvalue weighted by molar-refractivity contribution is 0.238. The molecule has 3 rings (SSSR count). The van der Waals surface area contributed by atoms with Crippen LogP contribution in [-0.4, -0.2) is 47.1 Å². The summed E-state index contributed by atoms with van der Waals surface area (Å²) in [6, 6.07) is 0. The van der Waals surface area contributed by atoms with Gasteiger partial charge in [-0.2, -0.15) is 0 Å². The fourth-order valence-electron chi connectivity index (χ4n) is 2.97. The first-order chi connectivity index (χ1) is 9.45. The van der Waals surface area contributed by atoms with E-state index in [0.29, 0.717) is 31.4 Å². The molecule has 20 heavy (non-hydrogen) atoms. The van der Waals surface area contributed by atoms with Crippen LogP contribution in [0.1, 0.15) is 37.3 Å². The van der Waals surface area contributed by atoms with Crippen LogP contribution < -0.4 is 5.73 Å². The molecular formula is C12H21N5O2S. The summed E-state index contributed by atoms with van der Waals surface area (Å²) in [5, 5.41) is 8.10. The third kappa shape index (κ3) is 2.80. The number of nitrogens with zero attached hydrogens (tertiary/aromatic N) is 4. The highest BCUT2D eigenvalue weighted by Crippen LogP contribution is 2.42. The summed E-state index contributed by atoms with van der Waals surface area (Å²) in [5.74, 6) is 1.32. The van der Waals surface area contributed by atoms with E-state index in [0.717, 1.165) is 31.4 Å². The zero-order valence-electron chi connectivity index (χ0n) is 11.7. The lowest BCUT2D eigenvalue weighted by Gasteiger charge is -2.31. The quantitative estimate of drug-likeness (QED) is 0.869. The standard InChI is InChI=1S/C12H21N5O2S/c1-20(18,19)16-6-2-3-9(7-16)8-17-11(10-4-5-10)12(13)14-15-17/h9-10H,2-8,13H2,1H3. The Morgan fingerprint density at radius 1 is 1.35 bits per heavy atom. The first-order valence-corrected chi connectivity index (χ1v) is 8.94. The lowest BCUT2D eigenvalue weighted by Crippen LogP contribution is -2.40. The molecule has 2 heterocycles. The molecule has 0 amide bonds. The van der Waals surface area contributed by atoms with Gasteiger partial charge in [0.25, 0.3) is 0 Å². The second kappa shape index (κ2) is 5.00. The molecule has 1 aliphatic heterocycles. The van der Waals surface area contributed by atoms with Crippen molar-refractivity contribution in [3.05, 3.63) is 5.69 Å². The SMILES string of the molecule is CS(=O)(=O)N1CCCC(Cn2nnc(N)c2C2CC2)C1. The molecule has 1 aromatic heterocycles. The first kappa shape index (κ1) is 13.8. The van der Waals surface area contributed by atoms with Gasteiger partial charge >= 0.3 is 0 Å². The van der Waals surface area contributed by atoms with E-state index in [1.807, 2.05) is 4.68 Å². The molecule has 2 aliphatic rings. The van der Waals surface area contributed by atoms with Crippen molar-refractivity contribution in [2.24, 2.45) is 5.92 Å². The second-order valence-corrected chi connectivity index (χ2v) is 7.93. The Hall–Kier alpha value is -1.15. The predicted molar refractivity (Wildman–Crippen MR) is 75.6 cm³/mol. The van der Waals surface area contributed by atoms with Crippen molar-refractivity contribution in [1.29, 1.82) is 0 Å². The minimum atomic E-state index is -3.10. The molecule has 0 aromatic carbocycles. The smallest absolute Gasteiger partial charge is 0.211 e. The Morgan fingerprint density at radius 3 is 2.75 bits per heavy atom. The normalized spacial score (nSPS) is 24.9. The van der Waals surface area contributed by atoms with Crippen LogP contribution in [0.3, 0.4) is 0 Å². The van der Waals surface area contributed by atoms with Crippen LogP contribution >= 0.6 is 0 Å². The molecule has 8 heteroatoms. The zero-order valence-corrected chi connectivity index (χ0v) is 12.5. The minimum absolute atomic E-state index is 0.289. The Balaban J connectivity index is 1.71. The van der Waals surface area contributed by atoms with Gasteiger partial charge in [0.15, 0.2) is 5.82 Å². The van der Waals surface area contributed by atoms with Crippen molar-refractivity contribution in [2.45, 2.75) is 38.1 Å². The predicted octanol–water partition coefficient (Wildman–Crippen LogP) is 0.409. The van der Waals surface area contributed by atoms with Crippen LogP contribution in [0.5, 0.6) is 0 Å². The molecule has 1 saturated heterocycles. The molecule has 1 atom stereocenters. The van der Waals surface area contributed by atoms with Crippen LogP contribution in [0, 0.1) is 5.92 Å². The third-order valence-electron chi connectivity index (χ3n) is 4.15. The van der Waals surface area contributed by atoms with E-state index in [1.54, 1.807) is 4.31 Å². The monoisotopic (exact) mass is 299 g/mol. The van der Waals surface area contributed by atoms with Gasteiger partial charge in [-0.1, -0.05) is 5.21 Å². The molecule has 2 fully saturated rings. The fourth-order valence-corrected chi connectivity index (χ4v) is 3.91. The fraction of sp³-hybridized carbons (Fsp3) is 0.833. The molecule has 1 aliphatic carbocycles. The number of sulfonamides is 1. The Kier molecular flexibility index (Phi) is 3.45. The molecule has 112 valence electrons. The average molecular weight is 299 g/mol. The van der Waals surface area contributed by atoms with Crippen molar-refractivity contribution in [1.82, 2.24) is 19.3 Å². The minimum Gasteiger partial charge on any atom is -0.381 e. The summed E-state index contributed by atoms with van der Waals surface area (Å²) < 4.78 is 26.7. The molecule has 7 nitrogen and oxygen atoms in total. The van der Waals surface area contributed by atoms with E-state index in [9.17, 15) is 8.42 Å². The van der Waals surface area contributed by atoms with Gasteiger partial charge in [-0.05, 0) is 31.6 Å². The van der Waals surface area contributed by atoms with Gasteiger partial charge in [-0.25, -0.2) is 17.4 Å². The summed E-state index contributed by atoms with van der Waals surface area (Å²) in [5.41, 5.74) is 6.93. The van der Waals surface area contributed by atoms with Gasteiger partial charge < -0.3 is 5.73 Å². The number of nitrogens with two attached hydrogens (primary N) is 1. The highest BCUT2D eigenvalue weighted by molar-refractivity contribution is 7.88. The molecule has 1 saturated carbocycles. The highest BCUT2D eigenvalue weighted by Gasteiger charge is 2.32. The average Bonchev–Trinajstić information content (AvgIpc) is 3.15. The number of rotatable bonds is 4. The maximum absolute atomic E-state index is 11.6. The number of hydrogen-bond acceptors (Lipinski definition) is 5. The summed E-state index contributed by atoms with van der Waals surface area (Å²) in [6.07, 6.45) is 5.50. The van der Waals surface area contributed by atoms with Crippen LogP contribution in [0.2, 0.25) is 0 Å². The highest BCUT2D eigenvalue weighted by atomic mass is 32.2. The number of aromatic nitrogens is 3. The van der Waals surface area contributed by atoms with E-state index in [1.165, 1.54) is 6.26 Å². The Labute approximate surface area is 119 Å². The number of nitrogen functional groups attached to an aromatic ring is 1. The largest absolute Gasteiger partial charge is 0.381 e. The van der Waals surface area contributed by atoms with E-state index >= 15 is 0 Å². The van der Waals surface area contributed by atoms with Crippen molar-refractivity contribution >= 4 is 15.8 Å². The summed E-state index contributed by atoms with van der Waals surface area (Å²) in [6.45, 7) is 1.91. The van der Waals surface area contributed by atoms with Crippen LogP contribution in [0.25, 0.3) is 0 Å². The van der Waals surface area contributed by atoms with Crippen molar-refractivity contribution in [3.63, 3.8) is 0 Å². The molecular weight excluding hydrogens is 278 g/mol. The van der Waals surface area contributed by atoms with Crippen molar-refractivity contribution in [3.8, 4) is 0 Å². The molecule has 1 unspecified atom stereocenters. The van der Waals surface area contributed by atoms with Gasteiger partial charge in [0.2, 0.25) is 10.0 Å². The Bertz CT molecular complexity index is 593. The second-order valence-electron chi connectivity index (χ2n) is 5.95. The van der Waals surface area contributed by atoms with Crippen molar-refractivity contribution in [2.75, 3.05) is 25.1 Å². The van der Waals surface area contributed by atoms with Gasteiger partial charge in [0, 0.05) is 25.6 Å². The number of anilines is 1. The summed E-state index contributed by atoms with van der Waals surface area (Å²) in [4.78, 5) is 0.